The minimum atomic E-state index is -0.0354. The standard InChI is InChI=1S/C20H23N5OS/c1-25(18-6-3-2-4-7-18)13-5-12-21-19(26)17-10-8-16(9-11-17)14-27-20-22-15-23-24-20/h2-4,6-11,15H,5,12-14H2,1H3,(H,21,26)(H,22,23,24). The van der Waals surface area contributed by atoms with Gasteiger partial charge < -0.3 is 10.2 Å². The van der Waals surface area contributed by atoms with Gasteiger partial charge >= 0.3 is 0 Å². The molecule has 0 unspecified atom stereocenters. The number of nitrogens with zero attached hydrogens (tertiary/aromatic N) is 3. The zero-order valence-corrected chi connectivity index (χ0v) is 16.1. The Labute approximate surface area is 163 Å². The van der Waals surface area contributed by atoms with Crippen molar-refractivity contribution in [2.75, 3.05) is 25.0 Å². The summed E-state index contributed by atoms with van der Waals surface area (Å²) in [6.07, 6.45) is 2.39. The van der Waals surface area contributed by atoms with Crippen LogP contribution in [-0.4, -0.2) is 41.2 Å². The van der Waals surface area contributed by atoms with Crippen molar-refractivity contribution >= 4 is 23.4 Å². The molecule has 1 heterocycles. The number of rotatable bonds is 9. The minimum absolute atomic E-state index is 0.0354. The first-order valence-electron chi connectivity index (χ1n) is 8.84. The maximum absolute atomic E-state index is 12.3. The lowest BCUT2D eigenvalue weighted by atomic mass is 10.1. The minimum Gasteiger partial charge on any atom is -0.375 e. The van der Waals surface area contributed by atoms with Crippen LogP contribution in [0.1, 0.15) is 22.3 Å². The summed E-state index contributed by atoms with van der Waals surface area (Å²) >= 11 is 1.58. The smallest absolute Gasteiger partial charge is 0.251 e. The molecular formula is C20H23N5OS. The maximum atomic E-state index is 12.3. The lowest BCUT2D eigenvalue weighted by Crippen LogP contribution is -2.28. The number of benzene rings is 2. The number of aromatic amines is 1. The molecule has 6 nitrogen and oxygen atoms in total. The van der Waals surface area contributed by atoms with Crippen molar-refractivity contribution < 1.29 is 4.79 Å². The van der Waals surface area contributed by atoms with Gasteiger partial charge in [0.15, 0.2) is 5.16 Å². The quantitative estimate of drug-likeness (QED) is 0.439. The Hall–Kier alpha value is -2.80. The van der Waals surface area contributed by atoms with Gasteiger partial charge in [0.25, 0.3) is 5.91 Å². The Balaban J connectivity index is 1.39. The van der Waals surface area contributed by atoms with Crippen LogP contribution in [0.5, 0.6) is 0 Å². The zero-order valence-electron chi connectivity index (χ0n) is 15.3. The van der Waals surface area contributed by atoms with E-state index >= 15 is 0 Å². The molecule has 0 spiro atoms. The molecule has 0 aliphatic rings. The molecule has 2 aromatic carbocycles. The van der Waals surface area contributed by atoms with Gasteiger partial charge in [-0.05, 0) is 36.2 Å². The fourth-order valence-electron chi connectivity index (χ4n) is 2.60. The number of para-hydroxylation sites is 1. The Bertz CT molecular complexity index is 821. The van der Waals surface area contributed by atoms with E-state index in [-0.39, 0.29) is 5.91 Å². The van der Waals surface area contributed by atoms with Crippen molar-refractivity contribution in [1.29, 1.82) is 0 Å². The number of H-pyrrole nitrogens is 1. The van der Waals surface area contributed by atoms with Crippen molar-refractivity contribution in [2.45, 2.75) is 17.3 Å². The average molecular weight is 382 g/mol. The third kappa shape index (κ3) is 5.86. The van der Waals surface area contributed by atoms with E-state index in [1.54, 1.807) is 11.8 Å². The summed E-state index contributed by atoms with van der Waals surface area (Å²) in [7, 11) is 2.06. The number of carbonyl (C=O) groups is 1. The van der Waals surface area contributed by atoms with Crippen LogP contribution in [0, 0.1) is 0 Å². The molecule has 3 rings (SSSR count). The molecular weight excluding hydrogens is 358 g/mol. The van der Waals surface area contributed by atoms with Crippen LogP contribution in [0.25, 0.3) is 0 Å². The molecule has 2 N–H and O–H groups in total. The van der Waals surface area contributed by atoms with E-state index in [0.29, 0.717) is 12.1 Å². The highest BCUT2D eigenvalue weighted by molar-refractivity contribution is 7.98. The lowest BCUT2D eigenvalue weighted by molar-refractivity contribution is 0.0953. The van der Waals surface area contributed by atoms with E-state index in [1.165, 1.54) is 12.0 Å². The second kappa shape index (κ2) is 9.78. The van der Waals surface area contributed by atoms with Gasteiger partial charge in [-0.2, -0.15) is 5.10 Å². The molecule has 3 aromatic rings. The summed E-state index contributed by atoms with van der Waals surface area (Å²) in [4.78, 5) is 18.5. The summed E-state index contributed by atoms with van der Waals surface area (Å²) in [6.45, 7) is 1.54. The van der Waals surface area contributed by atoms with Crippen LogP contribution < -0.4 is 10.2 Å². The maximum Gasteiger partial charge on any atom is 0.251 e. The number of hydrogen-bond acceptors (Lipinski definition) is 5. The molecule has 0 bridgehead atoms. The summed E-state index contributed by atoms with van der Waals surface area (Å²) in [6, 6.07) is 17.9. The molecule has 7 heteroatoms. The van der Waals surface area contributed by atoms with Crippen molar-refractivity contribution in [3.63, 3.8) is 0 Å². The molecule has 0 aliphatic heterocycles. The highest BCUT2D eigenvalue weighted by Gasteiger charge is 2.06. The predicted octanol–water partition coefficient (Wildman–Crippen LogP) is 3.35. The predicted molar refractivity (Wildman–Crippen MR) is 109 cm³/mol. The highest BCUT2D eigenvalue weighted by Crippen LogP contribution is 2.18. The van der Waals surface area contributed by atoms with Crippen LogP contribution in [0.2, 0.25) is 0 Å². The van der Waals surface area contributed by atoms with Gasteiger partial charge in [0.05, 0.1) is 0 Å². The fraction of sp³-hybridized carbons (Fsp3) is 0.250. The Morgan fingerprint density at radius 3 is 2.63 bits per heavy atom. The molecule has 0 radical (unpaired) electrons. The number of anilines is 1. The van der Waals surface area contributed by atoms with Crippen molar-refractivity contribution in [2.24, 2.45) is 0 Å². The first-order chi connectivity index (χ1) is 13.2. The van der Waals surface area contributed by atoms with Gasteiger partial charge in [0.1, 0.15) is 6.33 Å². The molecule has 27 heavy (non-hydrogen) atoms. The number of carbonyl (C=O) groups excluding carboxylic acids is 1. The van der Waals surface area contributed by atoms with Gasteiger partial charge in [-0.15, -0.1) is 0 Å². The van der Waals surface area contributed by atoms with E-state index < -0.39 is 0 Å². The first kappa shape index (κ1) is 19.0. The number of hydrogen-bond donors (Lipinski definition) is 2. The lowest BCUT2D eigenvalue weighted by Gasteiger charge is -2.19. The largest absolute Gasteiger partial charge is 0.375 e. The van der Waals surface area contributed by atoms with Gasteiger partial charge in [0.2, 0.25) is 0 Å². The molecule has 0 saturated carbocycles. The topological polar surface area (TPSA) is 73.9 Å². The molecule has 0 aliphatic carbocycles. The fourth-order valence-corrected chi connectivity index (χ4v) is 3.33. The number of nitrogens with one attached hydrogen (secondary N) is 2. The van der Waals surface area contributed by atoms with Gasteiger partial charge in [0, 0.05) is 37.1 Å². The highest BCUT2D eigenvalue weighted by atomic mass is 32.2. The monoisotopic (exact) mass is 381 g/mol. The summed E-state index contributed by atoms with van der Waals surface area (Å²) in [5.74, 6) is 0.745. The third-order valence-electron chi connectivity index (χ3n) is 4.14. The Morgan fingerprint density at radius 2 is 1.93 bits per heavy atom. The molecule has 1 aromatic heterocycles. The molecule has 0 atom stereocenters. The SMILES string of the molecule is CN(CCCNC(=O)c1ccc(CSc2ncn[nH]2)cc1)c1ccccc1. The normalized spacial score (nSPS) is 10.6. The van der Waals surface area contributed by atoms with E-state index in [4.69, 9.17) is 0 Å². The molecule has 1 amide bonds. The van der Waals surface area contributed by atoms with Crippen LogP contribution in [0.15, 0.2) is 66.1 Å². The van der Waals surface area contributed by atoms with Crippen molar-refractivity contribution in [1.82, 2.24) is 20.5 Å². The van der Waals surface area contributed by atoms with Gasteiger partial charge in [-0.3, -0.25) is 9.89 Å². The van der Waals surface area contributed by atoms with Crippen LogP contribution in [0.4, 0.5) is 5.69 Å². The molecule has 0 fully saturated rings. The van der Waals surface area contributed by atoms with Crippen molar-refractivity contribution in [3.8, 4) is 0 Å². The number of amides is 1. The average Bonchev–Trinajstić information content (AvgIpc) is 3.24. The number of aromatic nitrogens is 3. The summed E-state index contributed by atoms with van der Waals surface area (Å²) in [5.41, 5.74) is 3.00. The summed E-state index contributed by atoms with van der Waals surface area (Å²) in [5, 5.41) is 10.4. The van der Waals surface area contributed by atoms with Crippen LogP contribution in [0.3, 0.4) is 0 Å². The van der Waals surface area contributed by atoms with Crippen molar-refractivity contribution in [3.05, 3.63) is 72.1 Å². The van der Waals surface area contributed by atoms with E-state index in [9.17, 15) is 4.79 Å². The zero-order chi connectivity index (χ0) is 18.9. The Kier molecular flexibility index (Phi) is 6.87. The van der Waals surface area contributed by atoms with Crippen LogP contribution in [-0.2, 0) is 5.75 Å². The van der Waals surface area contributed by atoms with E-state index in [2.05, 4.69) is 44.6 Å². The second-order valence-corrected chi connectivity index (χ2v) is 7.11. The Morgan fingerprint density at radius 1 is 1.15 bits per heavy atom. The van der Waals surface area contributed by atoms with Gasteiger partial charge in [-0.1, -0.05) is 42.1 Å². The first-order valence-corrected chi connectivity index (χ1v) is 9.82. The molecule has 140 valence electrons. The molecule has 0 saturated heterocycles. The second-order valence-electron chi connectivity index (χ2n) is 6.14. The summed E-state index contributed by atoms with van der Waals surface area (Å²) < 4.78 is 0. The van der Waals surface area contributed by atoms with E-state index in [0.717, 1.165) is 29.4 Å². The van der Waals surface area contributed by atoms with Gasteiger partial charge in [-0.25, -0.2) is 4.98 Å². The number of thioether (sulfide) groups is 1. The third-order valence-corrected chi connectivity index (χ3v) is 5.09. The van der Waals surface area contributed by atoms with E-state index in [1.807, 2.05) is 42.5 Å². The van der Waals surface area contributed by atoms with Crippen LogP contribution >= 0.6 is 11.8 Å².